The first-order valence-corrected chi connectivity index (χ1v) is 5.40. The van der Waals surface area contributed by atoms with E-state index in [1.807, 2.05) is 7.11 Å². The fourth-order valence-corrected chi connectivity index (χ4v) is 2.72. The largest absolute Gasteiger partial charge is 0.375 e. The number of methoxy groups -OCH3 is 1. The Morgan fingerprint density at radius 3 is 2.62 bits per heavy atom. The topological polar surface area (TPSA) is 21.8 Å². The lowest BCUT2D eigenvalue weighted by Crippen LogP contribution is -2.35. The van der Waals surface area contributed by atoms with Gasteiger partial charge in [-0.1, -0.05) is 19.8 Å². The molecular formula is C11H20O2. The summed E-state index contributed by atoms with van der Waals surface area (Å²) in [5.41, 5.74) is 0.231. The van der Waals surface area contributed by atoms with Gasteiger partial charge in [-0.15, -0.1) is 0 Å². The van der Waals surface area contributed by atoms with E-state index in [0.29, 0.717) is 6.10 Å². The monoisotopic (exact) mass is 184 g/mol. The minimum Gasteiger partial charge on any atom is -0.375 e. The third-order valence-electron chi connectivity index (χ3n) is 3.77. The quantitative estimate of drug-likeness (QED) is 0.626. The molecule has 2 nitrogen and oxygen atoms in total. The van der Waals surface area contributed by atoms with Crippen molar-refractivity contribution in [3.05, 3.63) is 0 Å². The number of hydrogen-bond acceptors (Lipinski definition) is 2. The van der Waals surface area contributed by atoms with Crippen LogP contribution in [-0.2, 0) is 9.47 Å². The fraction of sp³-hybridized carbons (Fsp3) is 1.00. The molecule has 1 heterocycles. The van der Waals surface area contributed by atoms with E-state index in [-0.39, 0.29) is 11.2 Å². The van der Waals surface area contributed by atoms with Gasteiger partial charge in [-0.05, 0) is 26.2 Å². The predicted octanol–water partition coefficient (Wildman–Crippen LogP) is 2.51. The van der Waals surface area contributed by atoms with Crippen LogP contribution in [0.2, 0.25) is 0 Å². The van der Waals surface area contributed by atoms with Crippen molar-refractivity contribution in [2.75, 3.05) is 7.11 Å². The summed E-state index contributed by atoms with van der Waals surface area (Å²) in [6.45, 7) is 4.44. The van der Waals surface area contributed by atoms with E-state index in [2.05, 4.69) is 13.8 Å². The van der Waals surface area contributed by atoms with Gasteiger partial charge in [0.25, 0.3) is 0 Å². The van der Waals surface area contributed by atoms with Crippen LogP contribution in [0.15, 0.2) is 0 Å². The van der Waals surface area contributed by atoms with Gasteiger partial charge in [-0.2, -0.15) is 0 Å². The lowest BCUT2D eigenvalue weighted by atomic mass is 9.93. The molecule has 0 radical (unpaired) electrons. The highest BCUT2D eigenvalue weighted by Gasteiger charge is 2.68. The van der Waals surface area contributed by atoms with Crippen LogP contribution in [0.25, 0.3) is 0 Å². The van der Waals surface area contributed by atoms with Crippen molar-refractivity contribution >= 4 is 0 Å². The Balaban J connectivity index is 2.01. The van der Waals surface area contributed by atoms with Crippen LogP contribution in [0.3, 0.4) is 0 Å². The van der Waals surface area contributed by atoms with E-state index in [9.17, 15) is 0 Å². The second kappa shape index (κ2) is 2.96. The number of fused-ring (bicyclic) bond motifs is 1. The van der Waals surface area contributed by atoms with Crippen molar-refractivity contribution in [1.82, 2.24) is 0 Å². The zero-order chi connectivity index (χ0) is 9.53. The van der Waals surface area contributed by atoms with Crippen LogP contribution in [0.5, 0.6) is 0 Å². The maximum Gasteiger partial charge on any atom is 0.116 e. The Labute approximate surface area is 80.6 Å². The highest BCUT2D eigenvalue weighted by molar-refractivity contribution is 5.17. The van der Waals surface area contributed by atoms with E-state index >= 15 is 0 Å². The molecule has 0 unspecified atom stereocenters. The van der Waals surface area contributed by atoms with Crippen LogP contribution >= 0.6 is 0 Å². The van der Waals surface area contributed by atoms with Gasteiger partial charge in [0.15, 0.2) is 0 Å². The molecular weight excluding hydrogens is 164 g/mol. The molecule has 0 bridgehead atoms. The molecule has 2 fully saturated rings. The summed E-state index contributed by atoms with van der Waals surface area (Å²) in [5, 5.41) is 0. The number of ether oxygens (including phenoxy) is 2. The maximum absolute atomic E-state index is 5.72. The molecule has 13 heavy (non-hydrogen) atoms. The Morgan fingerprint density at radius 2 is 2.23 bits per heavy atom. The van der Waals surface area contributed by atoms with Crippen molar-refractivity contribution in [3.63, 3.8) is 0 Å². The Morgan fingerprint density at radius 1 is 1.46 bits per heavy atom. The first-order chi connectivity index (χ1) is 6.17. The van der Waals surface area contributed by atoms with Gasteiger partial charge in [0.05, 0.1) is 11.2 Å². The SMILES string of the molecule is CCCC[C@@]1(OC)CC[C@]2(C)O[C@H]12. The van der Waals surface area contributed by atoms with E-state index < -0.39 is 0 Å². The van der Waals surface area contributed by atoms with Crippen molar-refractivity contribution in [3.8, 4) is 0 Å². The molecule has 0 amide bonds. The van der Waals surface area contributed by atoms with Crippen LogP contribution in [0.4, 0.5) is 0 Å². The zero-order valence-electron chi connectivity index (χ0n) is 8.93. The molecule has 0 spiro atoms. The summed E-state index contributed by atoms with van der Waals surface area (Å²) in [7, 11) is 1.84. The molecule has 2 heteroatoms. The second-order valence-corrected chi connectivity index (χ2v) is 4.68. The number of epoxide rings is 1. The minimum atomic E-state index is 0.0603. The average molecular weight is 184 g/mol. The molecule has 1 saturated carbocycles. The molecule has 2 rings (SSSR count). The number of hydrogen-bond donors (Lipinski definition) is 0. The Kier molecular flexibility index (Phi) is 2.16. The predicted molar refractivity (Wildman–Crippen MR) is 51.8 cm³/mol. The van der Waals surface area contributed by atoms with E-state index in [4.69, 9.17) is 9.47 Å². The first-order valence-electron chi connectivity index (χ1n) is 5.40. The molecule has 1 aliphatic carbocycles. The Bertz CT molecular complexity index is 204. The molecule has 3 atom stereocenters. The molecule has 1 aliphatic heterocycles. The van der Waals surface area contributed by atoms with Crippen molar-refractivity contribution < 1.29 is 9.47 Å². The molecule has 0 aromatic carbocycles. The van der Waals surface area contributed by atoms with Crippen molar-refractivity contribution in [1.29, 1.82) is 0 Å². The van der Waals surface area contributed by atoms with Crippen LogP contribution < -0.4 is 0 Å². The highest BCUT2D eigenvalue weighted by Crippen LogP contribution is 2.57. The molecule has 2 aliphatic rings. The zero-order valence-corrected chi connectivity index (χ0v) is 8.93. The van der Waals surface area contributed by atoms with Gasteiger partial charge in [-0.25, -0.2) is 0 Å². The molecule has 0 N–H and O–H groups in total. The van der Waals surface area contributed by atoms with E-state index in [1.54, 1.807) is 0 Å². The molecule has 0 aromatic rings. The second-order valence-electron chi connectivity index (χ2n) is 4.68. The van der Waals surface area contributed by atoms with Gasteiger partial charge < -0.3 is 9.47 Å². The third kappa shape index (κ3) is 1.31. The average Bonchev–Trinajstić information content (AvgIpc) is 2.74. The lowest BCUT2D eigenvalue weighted by Gasteiger charge is -2.27. The lowest BCUT2D eigenvalue weighted by molar-refractivity contribution is -0.0462. The van der Waals surface area contributed by atoms with Gasteiger partial charge in [0.2, 0.25) is 0 Å². The van der Waals surface area contributed by atoms with Crippen LogP contribution in [0.1, 0.15) is 46.0 Å². The van der Waals surface area contributed by atoms with E-state index in [1.165, 1.54) is 32.1 Å². The van der Waals surface area contributed by atoms with Gasteiger partial charge >= 0.3 is 0 Å². The minimum absolute atomic E-state index is 0.0603. The first kappa shape index (κ1) is 9.47. The number of unbranched alkanes of at least 4 members (excludes halogenated alkanes) is 1. The van der Waals surface area contributed by atoms with Crippen molar-refractivity contribution in [2.24, 2.45) is 0 Å². The molecule has 1 saturated heterocycles. The van der Waals surface area contributed by atoms with Gasteiger partial charge in [-0.3, -0.25) is 0 Å². The standard InChI is InChI=1S/C11H20O2/c1-4-5-6-11(12-3)8-7-10(2)9(11)13-10/h9H,4-8H2,1-3H3/t9-,10-,11+/m0/s1. The summed E-state index contributed by atoms with van der Waals surface area (Å²) in [6.07, 6.45) is 6.41. The van der Waals surface area contributed by atoms with Gasteiger partial charge in [0.1, 0.15) is 6.10 Å². The van der Waals surface area contributed by atoms with Gasteiger partial charge in [0, 0.05) is 7.11 Å². The van der Waals surface area contributed by atoms with Crippen molar-refractivity contribution in [2.45, 2.75) is 63.3 Å². The summed E-state index contributed by atoms with van der Waals surface area (Å²) in [6, 6.07) is 0. The van der Waals surface area contributed by atoms with Crippen LogP contribution in [0, 0.1) is 0 Å². The summed E-state index contributed by atoms with van der Waals surface area (Å²) < 4.78 is 11.4. The maximum atomic E-state index is 5.72. The van der Waals surface area contributed by atoms with Crippen LogP contribution in [-0.4, -0.2) is 24.4 Å². The summed E-state index contributed by atoms with van der Waals surface area (Å²) >= 11 is 0. The van der Waals surface area contributed by atoms with E-state index in [0.717, 1.165) is 0 Å². The molecule has 76 valence electrons. The highest BCUT2D eigenvalue weighted by atomic mass is 16.6. The smallest absolute Gasteiger partial charge is 0.116 e. The summed E-state index contributed by atoms with van der Waals surface area (Å²) in [4.78, 5) is 0. The third-order valence-corrected chi connectivity index (χ3v) is 3.77. The Hall–Kier alpha value is -0.0800. The normalized spacial score (nSPS) is 47.8. The number of rotatable bonds is 4. The fourth-order valence-electron chi connectivity index (χ4n) is 2.72. The summed E-state index contributed by atoms with van der Waals surface area (Å²) in [5.74, 6) is 0. The molecule has 0 aromatic heterocycles.